The number of allylic oxidation sites excluding steroid dienone is 2. The van der Waals surface area contributed by atoms with Gasteiger partial charge in [-0.2, -0.15) is 0 Å². The minimum absolute atomic E-state index is 0.0842. The van der Waals surface area contributed by atoms with Gasteiger partial charge in [-0.05, 0) is 41.7 Å². The van der Waals surface area contributed by atoms with Crippen LogP contribution in [0, 0.1) is 5.41 Å². The number of carbonyl (C=O) groups excluding carboxylic acids is 2. The summed E-state index contributed by atoms with van der Waals surface area (Å²) in [6, 6.07) is 5.45. The Morgan fingerprint density at radius 3 is 2.75 bits per heavy atom. The van der Waals surface area contributed by atoms with E-state index in [0.29, 0.717) is 22.6 Å². The third kappa shape index (κ3) is 3.24. The highest BCUT2D eigenvalue weighted by atomic mass is 35.5. The molecule has 0 radical (unpaired) electrons. The molecule has 4 nitrogen and oxygen atoms in total. The number of carbonyl (C=O) groups is 2. The molecule has 0 saturated heterocycles. The van der Waals surface area contributed by atoms with E-state index in [4.69, 9.17) is 16.3 Å². The first-order valence-corrected chi connectivity index (χ1v) is 8.27. The van der Waals surface area contributed by atoms with Crippen molar-refractivity contribution in [2.24, 2.45) is 5.41 Å². The molecule has 0 saturated carbocycles. The van der Waals surface area contributed by atoms with E-state index >= 15 is 0 Å². The van der Waals surface area contributed by atoms with Crippen LogP contribution in [-0.4, -0.2) is 18.9 Å². The predicted molar refractivity (Wildman–Crippen MR) is 94.7 cm³/mol. The third-order valence-corrected chi connectivity index (χ3v) is 4.67. The fourth-order valence-electron chi connectivity index (χ4n) is 3.30. The van der Waals surface area contributed by atoms with Gasteiger partial charge in [-0.25, -0.2) is 4.79 Å². The van der Waals surface area contributed by atoms with Crippen molar-refractivity contribution in [2.45, 2.75) is 33.1 Å². The van der Waals surface area contributed by atoms with Gasteiger partial charge >= 0.3 is 5.97 Å². The van der Waals surface area contributed by atoms with Crippen LogP contribution in [0.15, 0.2) is 35.0 Å². The third-order valence-electron chi connectivity index (χ3n) is 4.44. The van der Waals surface area contributed by atoms with Crippen molar-refractivity contribution in [1.29, 1.82) is 0 Å². The zero-order valence-electron chi connectivity index (χ0n) is 14.0. The number of hydrogen-bond acceptors (Lipinski definition) is 4. The average Bonchev–Trinajstić information content (AvgIpc) is 2.48. The molecule has 2 aliphatic rings. The first-order chi connectivity index (χ1) is 11.3. The van der Waals surface area contributed by atoms with E-state index < -0.39 is 5.97 Å². The van der Waals surface area contributed by atoms with Crippen molar-refractivity contribution >= 4 is 35.1 Å². The zero-order chi connectivity index (χ0) is 17.5. The second kappa shape index (κ2) is 6.10. The lowest BCUT2D eigenvalue weighted by atomic mass is 9.74. The van der Waals surface area contributed by atoms with E-state index in [1.54, 1.807) is 18.2 Å². The van der Waals surface area contributed by atoms with Crippen LogP contribution < -0.4 is 5.32 Å². The summed E-state index contributed by atoms with van der Waals surface area (Å²) in [6.07, 6.45) is 3.26. The number of nitrogens with one attached hydrogen (secondary N) is 1. The lowest BCUT2D eigenvalue weighted by molar-refractivity contribution is -0.136. The summed E-state index contributed by atoms with van der Waals surface area (Å²) in [7, 11) is 1.35. The molecule has 0 spiro atoms. The number of benzene rings is 1. The van der Waals surface area contributed by atoms with Crippen molar-refractivity contribution in [1.82, 2.24) is 0 Å². The molecule has 0 amide bonds. The van der Waals surface area contributed by atoms with Crippen LogP contribution >= 0.6 is 11.6 Å². The molecule has 3 rings (SSSR count). The lowest BCUT2D eigenvalue weighted by Crippen LogP contribution is -2.29. The Kier molecular flexibility index (Phi) is 4.26. The van der Waals surface area contributed by atoms with Gasteiger partial charge in [0.05, 0.1) is 7.11 Å². The summed E-state index contributed by atoms with van der Waals surface area (Å²) in [5.74, 6) is -0.340. The van der Waals surface area contributed by atoms with Crippen LogP contribution in [0.1, 0.15) is 38.7 Å². The number of fused-ring (bicyclic) bond motifs is 1. The standard InChI is InChI=1S/C19H20ClNO3/c1-19(2)9-16-14(17(22)10-19)8-12(18(23)24-3)6-11-7-13(20)4-5-15(11)21-16/h4-7,21H,8-10H2,1-3H3/b12-6+. The number of Topliss-reactive ketones (excluding diaryl/α,β-unsaturated/α-hetero) is 1. The van der Waals surface area contributed by atoms with Gasteiger partial charge < -0.3 is 10.1 Å². The summed E-state index contributed by atoms with van der Waals surface area (Å²) in [5.41, 5.74) is 3.55. The van der Waals surface area contributed by atoms with Crippen LogP contribution in [0.3, 0.4) is 0 Å². The summed E-state index contributed by atoms with van der Waals surface area (Å²) < 4.78 is 4.89. The van der Waals surface area contributed by atoms with E-state index in [0.717, 1.165) is 23.4 Å². The van der Waals surface area contributed by atoms with E-state index in [2.05, 4.69) is 19.2 Å². The van der Waals surface area contributed by atoms with Crippen molar-refractivity contribution in [3.63, 3.8) is 0 Å². The van der Waals surface area contributed by atoms with Crippen LogP contribution in [0.2, 0.25) is 5.02 Å². The van der Waals surface area contributed by atoms with Gasteiger partial charge in [-0.3, -0.25) is 4.79 Å². The Morgan fingerprint density at radius 1 is 1.29 bits per heavy atom. The largest absolute Gasteiger partial charge is 0.466 e. The predicted octanol–water partition coefficient (Wildman–Crippen LogP) is 4.36. The summed E-state index contributed by atoms with van der Waals surface area (Å²) in [5, 5.41) is 3.98. The van der Waals surface area contributed by atoms with Crippen molar-refractivity contribution in [2.75, 3.05) is 12.4 Å². The van der Waals surface area contributed by atoms with Gasteiger partial charge in [0.1, 0.15) is 0 Å². The highest BCUT2D eigenvalue weighted by molar-refractivity contribution is 6.30. The molecule has 1 N–H and O–H groups in total. The van der Waals surface area contributed by atoms with Crippen LogP contribution in [0.5, 0.6) is 0 Å². The molecule has 0 atom stereocenters. The molecule has 1 aliphatic heterocycles. The van der Waals surface area contributed by atoms with Crippen molar-refractivity contribution in [3.8, 4) is 0 Å². The van der Waals surface area contributed by atoms with E-state index in [1.165, 1.54) is 7.11 Å². The molecule has 24 heavy (non-hydrogen) atoms. The summed E-state index contributed by atoms with van der Waals surface area (Å²) in [4.78, 5) is 24.8. The molecule has 1 heterocycles. The first kappa shape index (κ1) is 16.8. The monoisotopic (exact) mass is 345 g/mol. The Morgan fingerprint density at radius 2 is 2.04 bits per heavy atom. The van der Waals surface area contributed by atoms with Gasteiger partial charge in [0.25, 0.3) is 0 Å². The number of ketones is 1. The number of hydrogen-bond donors (Lipinski definition) is 1. The normalized spacial score (nSPS) is 21.5. The minimum atomic E-state index is -0.424. The summed E-state index contributed by atoms with van der Waals surface area (Å²) >= 11 is 6.10. The molecule has 5 heteroatoms. The van der Waals surface area contributed by atoms with Gasteiger partial charge in [-0.1, -0.05) is 25.4 Å². The number of anilines is 1. The maximum atomic E-state index is 12.6. The Hall–Kier alpha value is -2.07. The highest BCUT2D eigenvalue weighted by Crippen LogP contribution is 2.41. The average molecular weight is 346 g/mol. The van der Waals surface area contributed by atoms with Crippen LogP contribution in [-0.2, 0) is 14.3 Å². The smallest absolute Gasteiger partial charge is 0.334 e. The number of ether oxygens (including phenoxy) is 1. The second-order valence-electron chi connectivity index (χ2n) is 7.09. The lowest BCUT2D eigenvalue weighted by Gasteiger charge is -2.34. The SMILES string of the molecule is COC(=O)/C1=C/c2cc(Cl)ccc2NC2=C(C1)C(=O)CC(C)(C)C2. The first-order valence-electron chi connectivity index (χ1n) is 7.90. The number of esters is 1. The van der Waals surface area contributed by atoms with E-state index in [9.17, 15) is 9.59 Å². The molecule has 0 bridgehead atoms. The fourth-order valence-corrected chi connectivity index (χ4v) is 3.48. The maximum Gasteiger partial charge on any atom is 0.334 e. The van der Waals surface area contributed by atoms with Crippen LogP contribution in [0.25, 0.3) is 6.08 Å². The topological polar surface area (TPSA) is 55.4 Å². The number of rotatable bonds is 1. The van der Waals surface area contributed by atoms with Crippen LogP contribution in [0.4, 0.5) is 5.69 Å². The van der Waals surface area contributed by atoms with Gasteiger partial charge in [0.15, 0.2) is 5.78 Å². The molecular formula is C19H20ClNO3. The maximum absolute atomic E-state index is 12.6. The van der Waals surface area contributed by atoms with Gasteiger partial charge in [0, 0.05) is 40.4 Å². The molecule has 0 aromatic heterocycles. The second-order valence-corrected chi connectivity index (χ2v) is 7.53. The van der Waals surface area contributed by atoms with E-state index in [1.807, 2.05) is 6.07 Å². The minimum Gasteiger partial charge on any atom is -0.466 e. The molecule has 0 unspecified atom stereocenters. The quantitative estimate of drug-likeness (QED) is 0.768. The molecule has 0 fully saturated rings. The van der Waals surface area contributed by atoms with E-state index in [-0.39, 0.29) is 17.6 Å². The number of halogens is 1. The number of methoxy groups -OCH3 is 1. The Labute approximate surface area is 146 Å². The summed E-state index contributed by atoms with van der Waals surface area (Å²) in [6.45, 7) is 4.16. The molecular weight excluding hydrogens is 326 g/mol. The molecule has 1 aromatic carbocycles. The Balaban J connectivity index is 2.16. The van der Waals surface area contributed by atoms with Gasteiger partial charge in [-0.15, -0.1) is 0 Å². The Bertz CT molecular complexity index is 790. The van der Waals surface area contributed by atoms with Crippen molar-refractivity contribution < 1.29 is 14.3 Å². The molecule has 1 aliphatic carbocycles. The van der Waals surface area contributed by atoms with Crippen molar-refractivity contribution in [3.05, 3.63) is 45.6 Å². The molecule has 126 valence electrons. The highest BCUT2D eigenvalue weighted by Gasteiger charge is 2.34. The zero-order valence-corrected chi connectivity index (χ0v) is 14.8. The fraction of sp³-hybridized carbons (Fsp3) is 0.368. The molecule has 1 aromatic rings. The van der Waals surface area contributed by atoms with Gasteiger partial charge in [0.2, 0.25) is 0 Å².